The van der Waals surface area contributed by atoms with Gasteiger partial charge in [0.15, 0.2) is 0 Å². The predicted molar refractivity (Wildman–Crippen MR) is 94.7 cm³/mol. The lowest BCUT2D eigenvalue weighted by Crippen LogP contribution is -2.47. The normalized spacial score (nSPS) is 15.2. The zero-order chi connectivity index (χ0) is 17.6. The Bertz CT molecular complexity index is 702. The number of aromatic nitrogens is 1. The van der Waals surface area contributed by atoms with E-state index in [0.717, 1.165) is 18.5 Å². The molecule has 1 aromatic carbocycles. The van der Waals surface area contributed by atoms with Crippen molar-refractivity contribution in [1.82, 2.24) is 14.8 Å². The maximum absolute atomic E-state index is 12.6. The second-order valence-electron chi connectivity index (χ2n) is 6.20. The topological polar surface area (TPSA) is 63.6 Å². The first-order valence-electron chi connectivity index (χ1n) is 8.48. The van der Waals surface area contributed by atoms with Gasteiger partial charge in [-0.3, -0.25) is 9.59 Å². The van der Waals surface area contributed by atoms with Crippen molar-refractivity contribution in [2.75, 3.05) is 26.8 Å². The summed E-state index contributed by atoms with van der Waals surface area (Å²) >= 11 is 0. The summed E-state index contributed by atoms with van der Waals surface area (Å²) in [6.45, 7) is 1.37. The van der Waals surface area contributed by atoms with Crippen molar-refractivity contribution in [2.45, 2.75) is 18.9 Å². The minimum atomic E-state index is -0.104. The van der Waals surface area contributed by atoms with Gasteiger partial charge in [0.05, 0.1) is 0 Å². The van der Waals surface area contributed by atoms with Crippen LogP contribution in [-0.2, 0) is 9.53 Å². The molecule has 1 saturated heterocycles. The highest BCUT2D eigenvalue weighted by atomic mass is 16.5. The summed E-state index contributed by atoms with van der Waals surface area (Å²) in [5.41, 5.74) is 1.72. The number of nitrogens with zero attached hydrogens (tertiary/aromatic N) is 2. The Morgan fingerprint density at radius 2 is 1.76 bits per heavy atom. The summed E-state index contributed by atoms with van der Waals surface area (Å²) in [7, 11) is 1.50. The molecule has 0 saturated carbocycles. The van der Waals surface area contributed by atoms with Gasteiger partial charge >= 0.3 is 0 Å². The molecule has 3 rings (SSSR count). The lowest BCUT2D eigenvalue weighted by molar-refractivity contribution is -0.125. The monoisotopic (exact) mass is 341 g/mol. The molecule has 132 valence electrons. The van der Waals surface area contributed by atoms with E-state index in [1.807, 2.05) is 58.3 Å². The minimum absolute atomic E-state index is 0.0423. The van der Waals surface area contributed by atoms with Crippen LogP contribution < -0.4 is 5.32 Å². The summed E-state index contributed by atoms with van der Waals surface area (Å²) in [4.78, 5) is 26.1. The summed E-state index contributed by atoms with van der Waals surface area (Å²) in [5, 5.41) is 2.94. The van der Waals surface area contributed by atoms with Gasteiger partial charge in [0, 0.05) is 49.9 Å². The molecule has 1 N–H and O–H groups in total. The molecule has 0 bridgehead atoms. The fourth-order valence-electron chi connectivity index (χ4n) is 3.09. The molecule has 2 aromatic rings. The van der Waals surface area contributed by atoms with Gasteiger partial charge in [0.2, 0.25) is 5.91 Å². The van der Waals surface area contributed by atoms with E-state index in [-0.39, 0.29) is 24.5 Å². The van der Waals surface area contributed by atoms with Crippen LogP contribution in [0.2, 0.25) is 0 Å². The first kappa shape index (κ1) is 17.2. The molecule has 6 heteroatoms. The Hall–Kier alpha value is -2.60. The average Bonchev–Trinajstić information content (AvgIpc) is 3.17. The highest BCUT2D eigenvalue weighted by Crippen LogP contribution is 2.16. The van der Waals surface area contributed by atoms with Crippen LogP contribution in [-0.4, -0.2) is 54.1 Å². The smallest absolute Gasteiger partial charge is 0.253 e. The third-order valence-corrected chi connectivity index (χ3v) is 4.44. The third-order valence-electron chi connectivity index (χ3n) is 4.44. The maximum Gasteiger partial charge on any atom is 0.253 e. The number of likely N-dealkylation sites (tertiary alicyclic amines) is 1. The van der Waals surface area contributed by atoms with Gasteiger partial charge in [0.1, 0.15) is 6.61 Å². The molecule has 1 fully saturated rings. The van der Waals surface area contributed by atoms with Crippen molar-refractivity contribution in [1.29, 1.82) is 0 Å². The highest BCUT2D eigenvalue weighted by molar-refractivity contribution is 5.94. The number of piperidine rings is 1. The highest BCUT2D eigenvalue weighted by Gasteiger charge is 2.24. The summed E-state index contributed by atoms with van der Waals surface area (Å²) in [5.74, 6) is -0.0615. The van der Waals surface area contributed by atoms with E-state index in [9.17, 15) is 9.59 Å². The standard InChI is InChI=1S/C19H23N3O3/c1-25-14-18(23)20-16-8-12-22(13-9-16)19(24)15-4-6-17(7-5-15)21-10-2-3-11-21/h2-7,10-11,16H,8-9,12-14H2,1H3,(H,20,23). The number of carbonyl (C=O) groups excluding carboxylic acids is 2. The molecule has 0 radical (unpaired) electrons. The van der Waals surface area contributed by atoms with Crippen molar-refractivity contribution in [3.8, 4) is 5.69 Å². The molecule has 0 unspecified atom stereocenters. The number of benzene rings is 1. The van der Waals surface area contributed by atoms with Gasteiger partial charge in [-0.05, 0) is 49.2 Å². The Kier molecular flexibility index (Phi) is 5.50. The minimum Gasteiger partial charge on any atom is -0.375 e. The van der Waals surface area contributed by atoms with E-state index >= 15 is 0 Å². The fourth-order valence-corrected chi connectivity index (χ4v) is 3.09. The molecule has 2 heterocycles. The van der Waals surface area contributed by atoms with Gasteiger partial charge in [-0.1, -0.05) is 0 Å². The van der Waals surface area contributed by atoms with E-state index in [1.54, 1.807) is 0 Å². The first-order valence-corrected chi connectivity index (χ1v) is 8.48. The van der Waals surface area contributed by atoms with Crippen LogP contribution in [0.1, 0.15) is 23.2 Å². The van der Waals surface area contributed by atoms with Crippen LogP contribution in [0.25, 0.3) is 5.69 Å². The van der Waals surface area contributed by atoms with E-state index in [0.29, 0.717) is 18.7 Å². The van der Waals surface area contributed by atoms with Crippen LogP contribution in [0.5, 0.6) is 0 Å². The number of amides is 2. The van der Waals surface area contributed by atoms with E-state index in [2.05, 4.69) is 5.32 Å². The molecule has 6 nitrogen and oxygen atoms in total. The van der Waals surface area contributed by atoms with E-state index < -0.39 is 0 Å². The summed E-state index contributed by atoms with van der Waals surface area (Å²) < 4.78 is 6.82. The number of ether oxygens (including phenoxy) is 1. The molecule has 1 aliphatic rings. The van der Waals surface area contributed by atoms with Crippen LogP contribution >= 0.6 is 0 Å². The molecule has 0 spiro atoms. The first-order chi connectivity index (χ1) is 12.2. The molecule has 0 atom stereocenters. The van der Waals surface area contributed by atoms with E-state index in [1.165, 1.54) is 7.11 Å². The quantitative estimate of drug-likeness (QED) is 0.903. The molecule has 1 aromatic heterocycles. The maximum atomic E-state index is 12.6. The SMILES string of the molecule is COCC(=O)NC1CCN(C(=O)c2ccc(-n3cccc3)cc2)CC1. The zero-order valence-electron chi connectivity index (χ0n) is 14.4. The van der Waals surface area contributed by atoms with Crippen LogP contribution in [0, 0.1) is 0 Å². The van der Waals surface area contributed by atoms with Gasteiger partial charge < -0.3 is 19.5 Å². The van der Waals surface area contributed by atoms with Gasteiger partial charge in [-0.25, -0.2) is 0 Å². The molecule has 25 heavy (non-hydrogen) atoms. The zero-order valence-corrected chi connectivity index (χ0v) is 14.4. The van der Waals surface area contributed by atoms with E-state index in [4.69, 9.17) is 4.74 Å². The van der Waals surface area contributed by atoms with Crippen LogP contribution in [0.3, 0.4) is 0 Å². The number of hydrogen-bond donors (Lipinski definition) is 1. The molecule has 1 aliphatic heterocycles. The number of rotatable bonds is 5. The van der Waals surface area contributed by atoms with Crippen LogP contribution in [0.4, 0.5) is 0 Å². The van der Waals surface area contributed by atoms with Crippen molar-refractivity contribution in [2.24, 2.45) is 0 Å². The summed E-state index contributed by atoms with van der Waals surface area (Å²) in [6, 6.07) is 11.7. The lowest BCUT2D eigenvalue weighted by atomic mass is 10.0. The molecular formula is C19H23N3O3. The largest absolute Gasteiger partial charge is 0.375 e. The Balaban J connectivity index is 1.55. The predicted octanol–water partition coefficient (Wildman–Crippen LogP) is 1.84. The number of hydrogen-bond acceptors (Lipinski definition) is 3. The van der Waals surface area contributed by atoms with Crippen LogP contribution in [0.15, 0.2) is 48.8 Å². The number of methoxy groups -OCH3 is 1. The molecule has 0 aliphatic carbocycles. The van der Waals surface area contributed by atoms with Crippen molar-refractivity contribution in [3.05, 3.63) is 54.4 Å². The third kappa shape index (κ3) is 4.28. The van der Waals surface area contributed by atoms with Gasteiger partial charge in [-0.15, -0.1) is 0 Å². The molecular weight excluding hydrogens is 318 g/mol. The Morgan fingerprint density at radius 1 is 1.12 bits per heavy atom. The van der Waals surface area contributed by atoms with Crippen molar-refractivity contribution >= 4 is 11.8 Å². The summed E-state index contributed by atoms with van der Waals surface area (Å²) in [6.07, 6.45) is 5.48. The van der Waals surface area contributed by atoms with Gasteiger partial charge in [-0.2, -0.15) is 0 Å². The van der Waals surface area contributed by atoms with Crippen molar-refractivity contribution in [3.63, 3.8) is 0 Å². The Labute approximate surface area is 147 Å². The second kappa shape index (κ2) is 7.98. The average molecular weight is 341 g/mol. The lowest BCUT2D eigenvalue weighted by Gasteiger charge is -2.32. The number of carbonyl (C=O) groups is 2. The second-order valence-corrected chi connectivity index (χ2v) is 6.20. The van der Waals surface area contributed by atoms with Gasteiger partial charge in [0.25, 0.3) is 5.91 Å². The Morgan fingerprint density at radius 3 is 2.36 bits per heavy atom. The fraction of sp³-hybridized carbons (Fsp3) is 0.368. The number of nitrogens with one attached hydrogen (secondary N) is 1. The molecule has 2 amide bonds. The van der Waals surface area contributed by atoms with Crippen molar-refractivity contribution < 1.29 is 14.3 Å².